The Morgan fingerprint density at radius 2 is 1.73 bits per heavy atom. The van der Waals surface area contributed by atoms with Gasteiger partial charge in [-0.05, 0) is 61.4 Å². The molecule has 0 aliphatic rings. The quantitative estimate of drug-likeness (QED) is 0.170. The summed E-state index contributed by atoms with van der Waals surface area (Å²) in [5.41, 5.74) is 8.08. The molecule has 0 fully saturated rings. The van der Waals surface area contributed by atoms with Crippen LogP contribution < -0.4 is 15.8 Å². The average molecular weight is 594 g/mol. The van der Waals surface area contributed by atoms with Crippen LogP contribution >= 0.6 is 0 Å². The number of rotatable bonds is 20. The number of carbonyl (C=O) groups excluding carboxylic acids is 1. The number of hydrogen-bond acceptors (Lipinski definition) is 7. The first-order valence-electron chi connectivity index (χ1n) is 14.6. The van der Waals surface area contributed by atoms with Crippen molar-refractivity contribution in [2.24, 2.45) is 11.7 Å². The molecule has 10 heteroatoms. The van der Waals surface area contributed by atoms with Crippen LogP contribution in [0.3, 0.4) is 0 Å². The molecule has 2 atom stereocenters. The molecule has 0 aliphatic carbocycles. The Hall–Kier alpha value is -2.53. The lowest BCUT2D eigenvalue weighted by Gasteiger charge is -2.26. The van der Waals surface area contributed by atoms with Crippen molar-refractivity contribution >= 4 is 16.0 Å². The first kappa shape index (κ1) is 34.7. The van der Waals surface area contributed by atoms with Crippen molar-refractivity contribution in [3.63, 3.8) is 0 Å². The fraction of sp³-hybridized carbons (Fsp3) is 0.581. The summed E-state index contributed by atoms with van der Waals surface area (Å²) in [6, 6.07) is 13.4. The van der Waals surface area contributed by atoms with Crippen molar-refractivity contribution in [1.29, 1.82) is 0 Å². The van der Waals surface area contributed by atoms with E-state index in [4.69, 9.17) is 15.2 Å². The van der Waals surface area contributed by atoms with E-state index in [0.717, 1.165) is 12.0 Å². The SMILES string of the molecule is CCCN(CCC)S(=O)(=O)CCC(=O)O[C@H](CNCCC(C)C)[C@@H](N)Cc1cc(F)cc(OCc2ccccc2)c1. The third-order valence-corrected chi connectivity index (χ3v) is 8.43. The van der Waals surface area contributed by atoms with Gasteiger partial charge in [0.05, 0.1) is 12.2 Å². The largest absolute Gasteiger partial charge is 0.489 e. The van der Waals surface area contributed by atoms with Crippen LogP contribution in [0.1, 0.15) is 64.5 Å². The molecule has 0 radical (unpaired) electrons. The topological polar surface area (TPSA) is 111 Å². The third-order valence-electron chi connectivity index (χ3n) is 6.56. The van der Waals surface area contributed by atoms with Gasteiger partial charge in [0.1, 0.15) is 24.3 Å². The maximum Gasteiger partial charge on any atom is 0.307 e. The van der Waals surface area contributed by atoms with Gasteiger partial charge >= 0.3 is 5.97 Å². The highest BCUT2D eigenvalue weighted by Crippen LogP contribution is 2.20. The molecule has 230 valence electrons. The van der Waals surface area contributed by atoms with E-state index in [1.807, 2.05) is 44.2 Å². The average Bonchev–Trinajstić information content (AvgIpc) is 2.92. The predicted octanol–water partition coefficient (Wildman–Crippen LogP) is 4.66. The number of ether oxygens (including phenoxy) is 2. The Morgan fingerprint density at radius 3 is 2.37 bits per heavy atom. The minimum Gasteiger partial charge on any atom is -0.489 e. The van der Waals surface area contributed by atoms with Gasteiger partial charge in [0, 0.05) is 31.7 Å². The predicted molar refractivity (Wildman–Crippen MR) is 162 cm³/mol. The van der Waals surface area contributed by atoms with Crippen molar-refractivity contribution in [2.75, 3.05) is 31.9 Å². The molecule has 0 amide bonds. The van der Waals surface area contributed by atoms with E-state index in [9.17, 15) is 17.6 Å². The molecule has 0 aromatic heterocycles. The molecule has 0 aliphatic heterocycles. The summed E-state index contributed by atoms with van der Waals surface area (Å²) >= 11 is 0. The molecule has 2 rings (SSSR count). The first-order valence-corrected chi connectivity index (χ1v) is 16.2. The molecule has 2 aromatic carbocycles. The monoisotopic (exact) mass is 593 g/mol. The minimum absolute atomic E-state index is 0.238. The van der Waals surface area contributed by atoms with E-state index in [-0.39, 0.29) is 18.6 Å². The van der Waals surface area contributed by atoms with Gasteiger partial charge in [-0.15, -0.1) is 0 Å². The number of hydrogen-bond donors (Lipinski definition) is 2. The third kappa shape index (κ3) is 13.3. The number of halogens is 1. The highest BCUT2D eigenvalue weighted by atomic mass is 32.2. The van der Waals surface area contributed by atoms with E-state index >= 15 is 0 Å². The maximum atomic E-state index is 14.4. The molecule has 8 nitrogen and oxygen atoms in total. The van der Waals surface area contributed by atoms with Gasteiger partial charge in [-0.1, -0.05) is 58.0 Å². The molecular formula is C31H48FN3O5S. The van der Waals surface area contributed by atoms with Crippen LogP contribution in [0.25, 0.3) is 0 Å². The van der Waals surface area contributed by atoms with Crippen LogP contribution in [0.2, 0.25) is 0 Å². The Morgan fingerprint density at radius 1 is 1.05 bits per heavy atom. The summed E-state index contributed by atoms with van der Waals surface area (Å²) in [4.78, 5) is 12.8. The van der Waals surface area contributed by atoms with Crippen molar-refractivity contribution in [3.05, 3.63) is 65.5 Å². The Balaban J connectivity index is 2.06. The number of sulfonamides is 1. The van der Waals surface area contributed by atoms with Gasteiger partial charge in [0.15, 0.2) is 0 Å². The Labute approximate surface area is 245 Å². The van der Waals surface area contributed by atoms with Crippen molar-refractivity contribution in [1.82, 2.24) is 9.62 Å². The normalized spacial score (nSPS) is 13.4. The van der Waals surface area contributed by atoms with Gasteiger partial charge in [0.25, 0.3) is 0 Å². The molecule has 0 heterocycles. The van der Waals surface area contributed by atoms with Crippen LogP contribution in [0.5, 0.6) is 5.75 Å². The number of nitrogens with zero attached hydrogens (tertiary/aromatic N) is 1. The molecule has 2 aromatic rings. The molecule has 0 bridgehead atoms. The lowest BCUT2D eigenvalue weighted by Crippen LogP contribution is -2.46. The fourth-order valence-electron chi connectivity index (χ4n) is 4.34. The number of carbonyl (C=O) groups is 1. The second-order valence-electron chi connectivity index (χ2n) is 10.8. The van der Waals surface area contributed by atoms with Gasteiger partial charge in [-0.2, -0.15) is 0 Å². The van der Waals surface area contributed by atoms with Crippen LogP contribution in [0, 0.1) is 11.7 Å². The van der Waals surface area contributed by atoms with Gasteiger partial charge in [-0.3, -0.25) is 4.79 Å². The lowest BCUT2D eigenvalue weighted by molar-refractivity contribution is -0.149. The maximum absolute atomic E-state index is 14.4. The summed E-state index contributed by atoms with van der Waals surface area (Å²) in [7, 11) is -3.58. The van der Waals surface area contributed by atoms with E-state index in [2.05, 4.69) is 19.2 Å². The molecular weight excluding hydrogens is 545 g/mol. The number of benzene rings is 2. The second-order valence-corrected chi connectivity index (χ2v) is 12.9. The fourth-order valence-corrected chi connectivity index (χ4v) is 5.94. The van der Waals surface area contributed by atoms with Crippen LogP contribution in [-0.4, -0.2) is 62.8 Å². The lowest BCUT2D eigenvalue weighted by atomic mass is 10.0. The van der Waals surface area contributed by atoms with E-state index in [1.165, 1.54) is 16.4 Å². The highest BCUT2D eigenvalue weighted by molar-refractivity contribution is 7.89. The highest BCUT2D eigenvalue weighted by Gasteiger charge is 2.26. The van der Waals surface area contributed by atoms with Gasteiger partial charge in [0.2, 0.25) is 10.0 Å². The van der Waals surface area contributed by atoms with Crippen molar-refractivity contribution in [2.45, 2.75) is 78.6 Å². The van der Waals surface area contributed by atoms with Crippen LogP contribution in [-0.2, 0) is 32.6 Å². The number of esters is 1. The number of nitrogens with one attached hydrogen (secondary N) is 1. The zero-order valence-corrected chi connectivity index (χ0v) is 25.8. The van der Waals surface area contributed by atoms with Crippen LogP contribution in [0.4, 0.5) is 4.39 Å². The summed E-state index contributed by atoms with van der Waals surface area (Å²) in [6.45, 7) is 10.2. The summed E-state index contributed by atoms with van der Waals surface area (Å²) in [6.07, 6.45) is 1.58. The van der Waals surface area contributed by atoms with E-state index in [1.54, 1.807) is 6.07 Å². The van der Waals surface area contributed by atoms with E-state index in [0.29, 0.717) is 62.9 Å². The smallest absolute Gasteiger partial charge is 0.307 e. The van der Waals surface area contributed by atoms with Gasteiger partial charge < -0.3 is 20.5 Å². The van der Waals surface area contributed by atoms with Crippen molar-refractivity contribution < 1.29 is 27.1 Å². The Bertz CT molecular complexity index is 1140. The van der Waals surface area contributed by atoms with E-state index < -0.39 is 34.0 Å². The molecule has 0 spiro atoms. The molecule has 0 unspecified atom stereocenters. The summed E-state index contributed by atoms with van der Waals surface area (Å²) in [5, 5.41) is 3.29. The minimum atomic E-state index is -3.58. The van der Waals surface area contributed by atoms with Gasteiger partial charge in [-0.25, -0.2) is 17.1 Å². The first-order chi connectivity index (χ1) is 19.5. The molecule has 0 saturated heterocycles. The van der Waals surface area contributed by atoms with Crippen molar-refractivity contribution in [3.8, 4) is 5.75 Å². The number of nitrogens with two attached hydrogens (primary N) is 1. The zero-order valence-electron chi connectivity index (χ0n) is 25.0. The Kier molecular flexibility index (Phi) is 15.3. The standard InChI is InChI=1S/C31H48FN3O5S/c1-5-15-35(16-6-2)41(37,38)17-13-31(36)40-30(22-34-14-12-24(3)4)29(33)20-26-18-27(32)21-28(19-26)39-23-25-10-8-7-9-11-25/h7-11,18-19,21,24,29-30,34H,5-6,12-17,20,22-23,33H2,1-4H3/t29-,30+/m0/s1. The zero-order chi connectivity index (χ0) is 30.3. The second kappa shape index (κ2) is 18.1. The van der Waals surface area contributed by atoms with Crippen LogP contribution in [0.15, 0.2) is 48.5 Å². The summed E-state index contributed by atoms with van der Waals surface area (Å²) < 4.78 is 53.0. The summed E-state index contributed by atoms with van der Waals surface area (Å²) in [5.74, 6) is -0.513. The molecule has 41 heavy (non-hydrogen) atoms. The molecule has 3 N–H and O–H groups in total. The molecule has 0 saturated carbocycles.